The van der Waals surface area contributed by atoms with Gasteiger partial charge in [-0.3, -0.25) is 4.79 Å². The van der Waals surface area contributed by atoms with Crippen LogP contribution in [0.15, 0.2) is 24.5 Å². The molecule has 14 heteroatoms. The van der Waals surface area contributed by atoms with E-state index in [1.54, 1.807) is 6.20 Å². The number of aromatic nitrogens is 5. The highest BCUT2D eigenvalue weighted by Gasteiger charge is 2.31. The zero-order valence-corrected chi connectivity index (χ0v) is 23.3. The van der Waals surface area contributed by atoms with E-state index in [1.165, 1.54) is 16.1 Å². The maximum Gasteiger partial charge on any atom is 0.322 e. The number of rotatable bonds is 8. The van der Waals surface area contributed by atoms with Crippen molar-refractivity contribution in [3.05, 3.63) is 35.9 Å². The first-order chi connectivity index (χ1) is 19.3. The van der Waals surface area contributed by atoms with E-state index in [4.69, 9.17) is 9.47 Å². The summed E-state index contributed by atoms with van der Waals surface area (Å²) >= 11 is 0. The molecule has 0 saturated carbocycles. The fourth-order valence-corrected chi connectivity index (χ4v) is 6.59. The third kappa shape index (κ3) is 5.88. The highest BCUT2D eigenvalue weighted by Crippen LogP contribution is 2.33. The summed E-state index contributed by atoms with van der Waals surface area (Å²) in [7, 11) is -3.32. The number of nitrogens with one attached hydrogen (secondary N) is 2. The molecule has 0 radical (unpaired) electrons. The van der Waals surface area contributed by atoms with Crippen molar-refractivity contribution in [3.63, 3.8) is 0 Å². The maximum atomic E-state index is 13.2. The van der Waals surface area contributed by atoms with Gasteiger partial charge < -0.3 is 24.7 Å². The zero-order chi connectivity index (χ0) is 27.7. The van der Waals surface area contributed by atoms with E-state index >= 15 is 0 Å². The van der Waals surface area contributed by atoms with E-state index in [0.29, 0.717) is 51.1 Å². The van der Waals surface area contributed by atoms with Crippen LogP contribution < -0.4 is 15.0 Å². The maximum absolute atomic E-state index is 13.2. The van der Waals surface area contributed by atoms with Crippen molar-refractivity contribution in [1.82, 2.24) is 34.5 Å². The molecular weight excluding hydrogens is 536 g/mol. The molecular formula is C26H34N8O5S. The largest absolute Gasteiger partial charge is 0.461 e. The van der Waals surface area contributed by atoms with Crippen LogP contribution in [0.2, 0.25) is 0 Å². The van der Waals surface area contributed by atoms with Crippen LogP contribution in [0.4, 0.5) is 5.95 Å². The van der Waals surface area contributed by atoms with Gasteiger partial charge in [-0.2, -0.15) is 15.0 Å². The van der Waals surface area contributed by atoms with E-state index in [-0.39, 0.29) is 30.5 Å². The van der Waals surface area contributed by atoms with Gasteiger partial charge in [0.2, 0.25) is 21.8 Å². The fourth-order valence-electron chi connectivity index (χ4n) is 5.70. The molecule has 3 aromatic rings. The lowest BCUT2D eigenvalue weighted by Crippen LogP contribution is -2.39. The minimum Gasteiger partial charge on any atom is -0.461 e. The summed E-state index contributed by atoms with van der Waals surface area (Å²) in [4.78, 5) is 36.3. The first kappa shape index (κ1) is 26.8. The molecule has 2 atom stereocenters. The van der Waals surface area contributed by atoms with Crippen molar-refractivity contribution in [2.24, 2.45) is 0 Å². The predicted molar refractivity (Wildman–Crippen MR) is 147 cm³/mol. The monoisotopic (exact) mass is 570 g/mol. The average Bonchev–Trinajstić information content (AvgIpc) is 3.73. The quantitative estimate of drug-likeness (QED) is 0.406. The van der Waals surface area contributed by atoms with Gasteiger partial charge in [-0.05, 0) is 55.7 Å². The lowest BCUT2D eigenvalue weighted by Gasteiger charge is -2.32. The Morgan fingerprint density at radius 3 is 2.77 bits per heavy atom. The second-order valence-electron chi connectivity index (χ2n) is 10.7. The number of amides is 1. The number of carbonyl (C=O) groups is 1. The molecule has 0 spiro atoms. The number of hydrogen-bond acceptors (Lipinski definition) is 10. The number of carbonyl (C=O) groups excluding carboxylic acids is 1. The van der Waals surface area contributed by atoms with Crippen molar-refractivity contribution < 1.29 is 22.7 Å². The number of aromatic amines is 1. The Labute approximate surface area is 232 Å². The molecule has 13 nitrogen and oxygen atoms in total. The summed E-state index contributed by atoms with van der Waals surface area (Å²) in [5, 5.41) is 4.03. The van der Waals surface area contributed by atoms with Gasteiger partial charge in [0.25, 0.3) is 5.91 Å². The molecule has 3 aliphatic rings. The zero-order valence-electron chi connectivity index (χ0n) is 22.5. The smallest absolute Gasteiger partial charge is 0.322 e. The average molecular weight is 571 g/mol. The molecule has 6 rings (SSSR count). The summed E-state index contributed by atoms with van der Waals surface area (Å²) in [5.41, 5.74) is 2.15. The van der Waals surface area contributed by atoms with Crippen molar-refractivity contribution >= 4 is 32.9 Å². The van der Waals surface area contributed by atoms with Crippen LogP contribution in [-0.4, -0.2) is 101 Å². The standard InChI is InChI=1S/C26H34N8O5S/c1-40(36,37)34-12-8-18(15-34)29-24(35)23-30-25(32-26(31-23)39-16-19-4-3-13-38-19)33-10-6-17(7-11-33)21-14-28-22-20(21)5-2-9-27-22/h2,5,9,14,17-19H,3-4,6-8,10-13,15-16H2,1H3,(H,27,28)(H,29,35)/t18-,19+/m0/s1. The van der Waals surface area contributed by atoms with Crippen LogP contribution >= 0.6 is 0 Å². The number of fused-ring (bicyclic) bond motifs is 1. The molecule has 3 aromatic heterocycles. The molecule has 1 amide bonds. The van der Waals surface area contributed by atoms with Gasteiger partial charge in [0.1, 0.15) is 12.3 Å². The first-order valence-corrected chi connectivity index (χ1v) is 15.6. The van der Waals surface area contributed by atoms with Crippen molar-refractivity contribution in [1.29, 1.82) is 0 Å². The Morgan fingerprint density at radius 1 is 1.18 bits per heavy atom. The van der Waals surface area contributed by atoms with Gasteiger partial charge >= 0.3 is 6.01 Å². The number of sulfonamides is 1. The van der Waals surface area contributed by atoms with E-state index in [2.05, 4.69) is 41.2 Å². The Balaban J connectivity index is 1.17. The van der Waals surface area contributed by atoms with Gasteiger partial charge in [-0.15, -0.1) is 0 Å². The van der Waals surface area contributed by atoms with Crippen molar-refractivity contribution in [2.45, 2.75) is 50.2 Å². The molecule has 0 bridgehead atoms. The van der Waals surface area contributed by atoms with Crippen LogP contribution in [0.1, 0.15) is 54.2 Å². The van der Waals surface area contributed by atoms with Crippen LogP contribution in [-0.2, 0) is 14.8 Å². The van der Waals surface area contributed by atoms with E-state index in [9.17, 15) is 13.2 Å². The molecule has 214 valence electrons. The van der Waals surface area contributed by atoms with Crippen LogP contribution in [0.5, 0.6) is 6.01 Å². The summed E-state index contributed by atoms with van der Waals surface area (Å²) < 4.78 is 36.7. The molecule has 6 heterocycles. The third-order valence-corrected chi connectivity index (χ3v) is 9.15. The highest BCUT2D eigenvalue weighted by atomic mass is 32.2. The highest BCUT2D eigenvalue weighted by molar-refractivity contribution is 7.88. The van der Waals surface area contributed by atoms with Crippen LogP contribution in [0.25, 0.3) is 11.0 Å². The molecule has 3 aliphatic heterocycles. The Hall–Kier alpha value is -3.36. The topological polar surface area (TPSA) is 156 Å². The van der Waals surface area contributed by atoms with Gasteiger partial charge in [0.05, 0.1) is 12.4 Å². The molecule has 3 saturated heterocycles. The molecule has 3 fully saturated rings. The minimum atomic E-state index is -3.32. The lowest BCUT2D eigenvalue weighted by atomic mass is 9.89. The molecule has 2 N–H and O–H groups in total. The summed E-state index contributed by atoms with van der Waals surface area (Å²) in [6.07, 6.45) is 9.18. The van der Waals surface area contributed by atoms with Crippen LogP contribution in [0, 0.1) is 0 Å². The summed E-state index contributed by atoms with van der Waals surface area (Å²) in [6.45, 7) is 3.01. The van der Waals surface area contributed by atoms with E-state index in [1.807, 2.05) is 12.3 Å². The van der Waals surface area contributed by atoms with Crippen molar-refractivity contribution in [3.8, 4) is 6.01 Å². The second kappa shape index (κ2) is 11.3. The number of piperidine rings is 1. The number of nitrogens with zero attached hydrogens (tertiary/aromatic N) is 6. The molecule has 40 heavy (non-hydrogen) atoms. The Kier molecular flexibility index (Phi) is 7.55. The number of pyridine rings is 1. The van der Waals surface area contributed by atoms with E-state index < -0.39 is 15.9 Å². The van der Waals surface area contributed by atoms with Gasteiger partial charge in [-0.1, -0.05) is 0 Å². The number of hydrogen-bond donors (Lipinski definition) is 2. The minimum absolute atomic E-state index is 0.0284. The second-order valence-corrected chi connectivity index (χ2v) is 12.7. The van der Waals surface area contributed by atoms with Gasteiger partial charge in [0, 0.05) is 56.6 Å². The van der Waals surface area contributed by atoms with Crippen molar-refractivity contribution in [2.75, 3.05) is 50.5 Å². The molecule has 0 aromatic carbocycles. The Bertz CT molecular complexity index is 1470. The molecule has 0 unspecified atom stereocenters. The number of anilines is 1. The summed E-state index contributed by atoms with van der Waals surface area (Å²) in [5.74, 6) is 0.238. The normalized spacial score (nSPS) is 22.7. The van der Waals surface area contributed by atoms with Gasteiger partial charge in [0.15, 0.2) is 0 Å². The van der Waals surface area contributed by atoms with Crippen LogP contribution in [0.3, 0.4) is 0 Å². The third-order valence-electron chi connectivity index (χ3n) is 7.88. The van der Waals surface area contributed by atoms with E-state index in [0.717, 1.165) is 36.7 Å². The fraction of sp³-hybridized carbons (Fsp3) is 0.577. The number of H-pyrrole nitrogens is 1. The summed E-state index contributed by atoms with van der Waals surface area (Å²) in [6, 6.07) is 3.81. The predicted octanol–water partition coefficient (Wildman–Crippen LogP) is 1.45. The first-order valence-electron chi connectivity index (χ1n) is 13.8. The molecule has 0 aliphatic carbocycles. The van der Waals surface area contributed by atoms with Gasteiger partial charge in [-0.25, -0.2) is 17.7 Å². The Morgan fingerprint density at radius 2 is 2.02 bits per heavy atom. The lowest BCUT2D eigenvalue weighted by molar-refractivity contribution is 0.0642. The SMILES string of the molecule is CS(=O)(=O)N1CC[C@H](NC(=O)c2nc(OC[C@H]3CCCO3)nc(N3CCC(c4c[nH]c5ncccc45)CC3)n2)C1. The number of ether oxygens (including phenoxy) is 2.